The summed E-state index contributed by atoms with van der Waals surface area (Å²) in [5, 5.41) is 14.2. The number of likely N-dealkylation sites (tertiary alicyclic amines) is 1. The Labute approximate surface area is 136 Å². The van der Waals surface area contributed by atoms with Crippen LogP contribution in [-0.2, 0) is 6.67 Å². The number of hydrogen-bond acceptors (Lipinski definition) is 4. The quantitative estimate of drug-likeness (QED) is 0.806. The molecule has 2 atom stereocenters. The molecular weight excluding hydrogens is 354 g/mol. The number of benzene rings is 1. The van der Waals surface area contributed by atoms with Gasteiger partial charge in [-0.2, -0.15) is 4.68 Å². The molecule has 1 aromatic heterocycles. The Morgan fingerprint density at radius 3 is 3.14 bits per heavy atom. The van der Waals surface area contributed by atoms with E-state index in [4.69, 9.17) is 16.6 Å². The minimum atomic E-state index is -0.223. The second-order valence-electron chi connectivity index (χ2n) is 5.34. The van der Waals surface area contributed by atoms with Gasteiger partial charge in [0.1, 0.15) is 12.6 Å². The van der Waals surface area contributed by atoms with Crippen molar-refractivity contribution in [1.29, 1.82) is 0 Å². The van der Waals surface area contributed by atoms with Crippen LogP contribution >= 0.6 is 28.1 Å². The van der Waals surface area contributed by atoms with Crippen LogP contribution in [0.15, 0.2) is 33.2 Å². The van der Waals surface area contributed by atoms with E-state index in [9.17, 15) is 5.11 Å². The number of quaternary nitrogens is 1. The van der Waals surface area contributed by atoms with Gasteiger partial charge in [-0.05, 0) is 43.3 Å². The molecule has 7 heteroatoms. The van der Waals surface area contributed by atoms with Gasteiger partial charge < -0.3 is 14.4 Å². The Morgan fingerprint density at radius 1 is 1.52 bits per heavy atom. The fourth-order valence-corrected chi connectivity index (χ4v) is 3.21. The summed E-state index contributed by atoms with van der Waals surface area (Å²) in [5.74, 6) is 0.526. The topological polar surface area (TPSA) is 55.6 Å². The molecule has 1 saturated heterocycles. The maximum Gasteiger partial charge on any atom is 0.292 e. The smallest absolute Gasteiger partial charge is 0.292 e. The van der Waals surface area contributed by atoms with Crippen LogP contribution in [0.3, 0.4) is 0 Å². The van der Waals surface area contributed by atoms with E-state index in [1.807, 2.05) is 24.3 Å². The molecule has 0 aliphatic carbocycles. The monoisotopic (exact) mass is 370 g/mol. The molecule has 112 valence electrons. The zero-order chi connectivity index (χ0) is 14.8. The van der Waals surface area contributed by atoms with Crippen molar-refractivity contribution in [2.75, 3.05) is 13.1 Å². The van der Waals surface area contributed by atoms with Crippen LogP contribution < -0.4 is 4.90 Å². The van der Waals surface area contributed by atoms with Gasteiger partial charge in [-0.3, -0.25) is 0 Å². The second kappa shape index (κ2) is 6.39. The average Bonchev–Trinajstić information content (AvgIpc) is 2.80. The Hall–Kier alpha value is -1.02. The summed E-state index contributed by atoms with van der Waals surface area (Å²) in [6.45, 7) is 2.40. The molecule has 1 unspecified atom stereocenters. The van der Waals surface area contributed by atoms with Crippen LogP contribution in [0.25, 0.3) is 11.5 Å². The van der Waals surface area contributed by atoms with Gasteiger partial charge in [0.2, 0.25) is 5.89 Å². The molecule has 1 fully saturated rings. The molecule has 2 aromatic rings. The number of nitrogens with one attached hydrogen (secondary N) is 1. The Bertz CT molecular complexity index is 685. The number of piperidine rings is 1. The minimum absolute atomic E-state index is 0.223. The van der Waals surface area contributed by atoms with Crippen LogP contribution in [0.2, 0.25) is 0 Å². The lowest BCUT2D eigenvalue weighted by atomic mass is 10.1. The summed E-state index contributed by atoms with van der Waals surface area (Å²) < 4.78 is 8.27. The van der Waals surface area contributed by atoms with Crippen molar-refractivity contribution in [2.45, 2.75) is 25.6 Å². The SMILES string of the molecule is O[C@@H]1CCC[NH+](Cn2nc(-c3cccc(Br)c3)oc2=S)C1. The second-order valence-corrected chi connectivity index (χ2v) is 6.61. The third-order valence-electron chi connectivity index (χ3n) is 3.64. The third-order valence-corrected chi connectivity index (χ3v) is 4.43. The van der Waals surface area contributed by atoms with E-state index in [2.05, 4.69) is 21.0 Å². The number of aliphatic hydroxyl groups is 1. The van der Waals surface area contributed by atoms with Crippen LogP contribution in [0.5, 0.6) is 0 Å². The van der Waals surface area contributed by atoms with Gasteiger partial charge >= 0.3 is 0 Å². The van der Waals surface area contributed by atoms with E-state index >= 15 is 0 Å². The van der Waals surface area contributed by atoms with Crippen molar-refractivity contribution in [3.05, 3.63) is 33.6 Å². The average molecular weight is 371 g/mol. The summed E-state index contributed by atoms with van der Waals surface area (Å²) in [7, 11) is 0. The molecule has 0 bridgehead atoms. The van der Waals surface area contributed by atoms with E-state index in [-0.39, 0.29) is 6.10 Å². The Kier molecular flexibility index (Phi) is 4.54. The van der Waals surface area contributed by atoms with Crippen molar-refractivity contribution >= 4 is 28.1 Å². The van der Waals surface area contributed by atoms with E-state index in [0.717, 1.165) is 36.0 Å². The molecule has 21 heavy (non-hydrogen) atoms. The highest BCUT2D eigenvalue weighted by Gasteiger charge is 2.22. The van der Waals surface area contributed by atoms with Crippen LogP contribution in [0.1, 0.15) is 12.8 Å². The lowest BCUT2D eigenvalue weighted by molar-refractivity contribution is -0.931. The highest BCUT2D eigenvalue weighted by molar-refractivity contribution is 9.10. The molecule has 1 aliphatic rings. The molecular formula is C14H17BrN3O2S+. The van der Waals surface area contributed by atoms with Gasteiger partial charge in [-0.1, -0.05) is 22.0 Å². The first kappa shape index (κ1) is 14.9. The maximum atomic E-state index is 9.74. The Balaban J connectivity index is 1.80. The fraction of sp³-hybridized carbons (Fsp3) is 0.429. The highest BCUT2D eigenvalue weighted by Crippen LogP contribution is 2.21. The van der Waals surface area contributed by atoms with Crippen LogP contribution in [0.4, 0.5) is 0 Å². The van der Waals surface area contributed by atoms with Gasteiger partial charge in [0.25, 0.3) is 4.84 Å². The first-order chi connectivity index (χ1) is 10.1. The molecule has 0 saturated carbocycles. The molecule has 3 rings (SSSR count). The number of halogens is 1. The first-order valence-corrected chi connectivity index (χ1v) is 8.17. The van der Waals surface area contributed by atoms with E-state index in [0.29, 0.717) is 17.4 Å². The number of rotatable bonds is 3. The molecule has 1 aliphatic heterocycles. The zero-order valence-corrected chi connectivity index (χ0v) is 13.9. The van der Waals surface area contributed by atoms with Gasteiger partial charge in [0.05, 0.1) is 6.54 Å². The third kappa shape index (κ3) is 3.60. The predicted molar refractivity (Wildman–Crippen MR) is 84.4 cm³/mol. The first-order valence-electron chi connectivity index (χ1n) is 6.97. The van der Waals surface area contributed by atoms with E-state index in [1.54, 1.807) is 4.68 Å². The van der Waals surface area contributed by atoms with Gasteiger partial charge in [0, 0.05) is 10.0 Å². The highest BCUT2D eigenvalue weighted by atomic mass is 79.9. The summed E-state index contributed by atoms with van der Waals surface area (Å²) in [4.78, 5) is 1.65. The van der Waals surface area contributed by atoms with E-state index in [1.165, 1.54) is 4.90 Å². The van der Waals surface area contributed by atoms with Crippen molar-refractivity contribution < 1.29 is 14.4 Å². The molecule has 5 nitrogen and oxygen atoms in total. The summed E-state index contributed by atoms with van der Waals surface area (Å²) in [6, 6.07) is 7.77. The summed E-state index contributed by atoms with van der Waals surface area (Å²) in [6.07, 6.45) is 1.69. The van der Waals surface area contributed by atoms with Gasteiger partial charge in [-0.25, -0.2) is 0 Å². The largest absolute Gasteiger partial charge is 0.409 e. The van der Waals surface area contributed by atoms with Crippen molar-refractivity contribution in [2.24, 2.45) is 0 Å². The van der Waals surface area contributed by atoms with Crippen LogP contribution in [-0.4, -0.2) is 34.1 Å². The molecule has 1 aromatic carbocycles. The van der Waals surface area contributed by atoms with Crippen molar-refractivity contribution in [1.82, 2.24) is 9.78 Å². The maximum absolute atomic E-state index is 9.74. The van der Waals surface area contributed by atoms with E-state index < -0.39 is 0 Å². The fourth-order valence-electron chi connectivity index (χ4n) is 2.62. The zero-order valence-electron chi connectivity index (χ0n) is 11.5. The van der Waals surface area contributed by atoms with Crippen molar-refractivity contribution in [3.8, 4) is 11.5 Å². The molecule has 0 amide bonds. The van der Waals surface area contributed by atoms with Crippen molar-refractivity contribution in [3.63, 3.8) is 0 Å². The summed E-state index contributed by atoms with van der Waals surface area (Å²) in [5.41, 5.74) is 0.892. The Morgan fingerprint density at radius 2 is 2.38 bits per heavy atom. The lowest BCUT2D eigenvalue weighted by Crippen LogP contribution is -3.13. The molecule has 2 heterocycles. The standard InChI is InChI=1S/C14H16BrN3O2S/c15-11-4-1-3-10(7-11)13-16-18(14(21)20-13)9-17-6-2-5-12(19)8-17/h1,3-4,7,12,19H,2,5-6,8-9H2/p+1/t12-/m1/s1. The number of nitrogens with zero attached hydrogens (tertiary/aromatic N) is 2. The molecule has 2 N–H and O–H groups in total. The molecule has 0 spiro atoms. The minimum Gasteiger partial charge on any atom is -0.409 e. The normalized spacial score (nSPS) is 22.4. The van der Waals surface area contributed by atoms with Gasteiger partial charge in [-0.15, -0.1) is 5.10 Å². The molecule has 0 radical (unpaired) electrons. The van der Waals surface area contributed by atoms with Gasteiger partial charge in [0.15, 0.2) is 6.67 Å². The van der Waals surface area contributed by atoms with Crippen LogP contribution in [0, 0.1) is 4.84 Å². The lowest BCUT2D eigenvalue weighted by Gasteiger charge is -2.26. The summed E-state index contributed by atoms with van der Waals surface area (Å²) >= 11 is 8.69. The number of hydrogen-bond donors (Lipinski definition) is 2. The predicted octanol–water partition coefficient (Wildman–Crippen LogP) is 1.63. The number of aromatic nitrogens is 2. The number of aliphatic hydroxyl groups excluding tert-OH is 1.